The third kappa shape index (κ3) is 3.92. The van der Waals surface area contributed by atoms with Crippen LogP contribution in [0.4, 0.5) is 4.79 Å². The molecule has 1 heterocycles. The zero-order chi connectivity index (χ0) is 18.0. The average Bonchev–Trinajstić information content (AvgIpc) is 3.05. The fraction of sp³-hybridized carbons (Fsp3) is 0.500. The maximum atomic E-state index is 12.5. The van der Waals surface area contributed by atoms with E-state index in [1.54, 1.807) is 23.3 Å². The van der Waals surface area contributed by atoms with Crippen molar-refractivity contribution in [2.75, 3.05) is 7.05 Å². The highest BCUT2D eigenvalue weighted by molar-refractivity contribution is 7.18. The number of carboxylic acid groups (broad SMARTS) is 1. The number of carbonyl (C=O) groups excluding carboxylic acids is 1. The largest absolute Gasteiger partial charge is 0.481 e. The molecule has 7 heteroatoms. The number of hydrogen-bond donors (Lipinski definition) is 2. The minimum Gasteiger partial charge on any atom is -0.481 e. The van der Waals surface area contributed by atoms with Crippen molar-refractivity contribution in [3.05, 3.63) is 29.3 Å². The second kappa shape index (κ2) is 7.39. The second-order valence-electron chi connectivity index (χ2n) is 6.64. The van der Waals surface area contributed by atoms with Crippen LogP contribution in [0.25, 0.3) is 10.2 Å². The fourth-order valence-corrected chi connectivity index (χ4v) is 4.23. The van der Waals surface area contributed by atoms with E-state index in [2.05, 4.69) is 10.3 Å². The van der Waals surface area contributed by atoms with Crippen molar-refractivity contribution >= 4 is 33.6 Å². The zero-order valence-electron chi connectivity index (χ0n) is 14.4. The number of thiazole rings is 1. The van der Waals surface area contributed by atoms with Gasteiger partial charge in [0.1, 0.15) is 5.01 Å². The highest BCUT2D eigenvalue weighted by Gasteiger charge is 2.28. The van der Waals surface area contributed by atoms with Crippen LogP contribution in [-0.4, -0.2) is 40.1 Å². The number of carboxylic acids is 1. The molecule has 1 fully saturated rings. The third-order valence-corrected chi connectivity index (χ3v) is 6.18. The summed E-state index contributed by atoms with van der Waals surface area (Å²) in [5.74, 6) is -1.00. The number of nitrogens with one attached hydrogen (secondary N) is 1. The van der Waals surface area contributed by atoms with E-state index in [9.17, 15) is 9.59 Å². The summed E-state index contributed by atoms with van der Waals surface area (Å²) in [7, 11) is 1.77. The van der Waals surface area contributed by atoms with Gasteiger partial charge in [0.2, 0.25) is 0 Å². The van der Waals surface area contributed by atoms with Crippen LogP contribution in [0.5, 0.6) is 0 Å². The summed E-state index contributed by atoms with van der Waals surface area (Å²) < 4.78 is 1.12. The Bertz CT molecular complexity index is 735. The van der Waals surface area contributed by atoms with Gasteiger partial charge in [-0.3, -0.25) is 4.79 Å². The molecule has 0 aliphatic heterocycles. The monoisotopic (exact) mass is 361 g/mol. The Kier molecular flexibility index (Phi) is 5.22. The lowest BCUT2D eigenvalue weighted by Crippen LogP contribution is -2.45. The standard InChI is InChI=1S/C18H23N3O3S/c1-11(16-20-14-5-3-4-6-15(14)25-16)21(2)18(24)19-13-9-7-12(8-10-13)17(22)23/h3-6,11-13H,7-10H2,1-2H3,(H,19,24)(H,22,23). The average molecular weight is 361 g/mol. The maximum Gasteiger partial charge on any atom is 0.317 e. The Morgan fingerprint density at radius 3 is 2.60 bits per heavy atom. The van der Waals surface area contributed by atoms with Crippen molar-refractivity contribution in [2.45, 2.75) is 44.7 Å². The van der Waals surface area contributed by atoms with Gasteiger partial charge in [-0.15, -0.1) is 11.3 Å². The molecule has 0 bridgehead atoms. The van der Waals surface area contributed by atoms with Crippen LogP contribution in [-0.2, 0) is 4.79 Å². The molecule has 2 aromatic rings. The molecule has 1 aliphatic rings. The molecule has 1 saturated carbocycles. The lowest BCUT2D eigenvalue weighted by molar-refractivity contribution is -0.142. The molecule has 25 heavy (non-hydrogen) atoms. The number of fused-ring (bicyclic) bond motifs is 1. The quantitative estimate of drug-likeness (QED) is 0.871. The molecule has 1 aromatic heterocycles. The summed E-state index contributed by atoms with van der Waals surface area (Å²) in [5, 5.41) is 13.0. The molecule has 1 aromatic carbocycles. The summed E-state index contributed by atoms with van der Waals surface area (Å²) in [6.07, 6.45) is 2.67. The molecule has 6 nitrogen and oxygen atoms in total. The molecule has 2 N–H and O–H groups in total. The van der Waals surface area contributed by atoms with Gasteiger partial charge < -0.3 is 15.3 Å². The van der Waals surface area contributed by atoms with Crippen molar-refractivity contribution in [3.63, 3.8) is 0 Å². The Morgan fingerprint density at radius 1 is 1.28 bits per heavy atom. The zero-order valence-corrected chi connectivity index (χ0v) is 15.3. The Hall–Kier alpha value is -2.15. The van der Waals surface area contributed by atoms with Gasteiger partial charge in [-0.25, -0.2) is 9.78 Å². The highest BCUT2D eigenvalue weighted by Crippen LogP contribution is 2.29. The summed E-state index contributed by atoms with van der Waals surface area (Å²) in [6, 6.07) is 7.75. The molecule has 1 atom stereocenters. The molecule has 2 amide bonds. The number of aromatic nitrogens is 1. The van der Waals surface area contributed by atoms with E-state index in [4.69, 9.17) is 5.11 Å². The number of urea groups is 1. The summed E-state index contributed by atoms with van der Waals surface area (Å²) in [4.78, 5) is 29.8. The molecule has 3 rings (SSSR count). The number of rotatable bonds is 4. The first kappa shape index (κ1) is 17.7. The smallest absolute Gasteiger partial charge is 0.317 e. The van der Waals surface area contributed by atoms with Gasteiger partial charge >= 0.3 is 12.0 Å². The number of amides is 2. The number of benzene rings is 1. The SMILES string of the molecule is CC(c1nc2ccccc2s1)N(C)C(=O)NC1CCC(C(=O)O)CC1. The maximum absolute atomic E-state index is 12.5. The van der Waals surface area contributed by atoms with E-state index < -0.39 is 5.97 Å². The topological polar surface area (TPSA) is 82.5 Å². The molecule has 0 spiro atoms. The first-order valence-corrected chi connectivity index (χ1v) is 9.39. The summed E-state index contributed by atoms with van der Waals surface area (Å²) in [5.41, 5.74) is 0.954. The Morgan fingerprint density at radius 2 is 1.96 bits per heavy atom. The minimum atomic E-state index is -0.730. The van der Waals surface area contributed by atoms with Crippen LogP contribution in [0, 0.1) is 5.92 Å². The lowest BCUT2D eigenvalue weighted by atomic mass is 9.86. The van der Waals surface area contributed by atoms with Gasteiger partial charge in [0.15, 0.2) is 0 Å². The van der Waals surface area contributed by atoms with Crippen LogP contribution in [0.15, 0.2) is 24.3 Å². The van der Waals surface area contributed by atoms with Gasteiger partial charge in [-0.1, -0.05) is 12.1 Å². The van der Waals surface area contributed by atoms with Crippen molar-refractivity contribution in [1.29, 1.82) is 0 Å². The second-order valence-corrected chi connectivity index (χ2v) is 7.71. The summed E-state index contributed by atoms with van der Waals surface area (Å²) >= 11 is 1.60. The Labute approximate surface area is 150 Å². The van der Waals surface area contributed by atoms with Crippen LogP contribution in [0.3, 0.4) is 0 Å². The van der Waals surface area contributed by atoms with Gasteiger partial charge in [0, 0.05) is 13.1 Å². The first-order chi connectivity index (χ1) is 12.0. The number of carbonyl (C=O) groups is 2. The summed E-state index contributed by atoms with van der Waals surface area (Å²) in [6.45, 7) is 1.97. The van der Waals surface area contributed by atoms with E-state index in [0.717, 1.165) is 15.2 Å². The number of nitrogens with zero attached hydrogens (tertiary/aromatic N) is 2. The highest BCUT2D eigenvalue weighted by atomic mass is 32.1. The molecule has 1 unspecified atom stereocenters. The van der Waals surface area contributed by atoms with E-state index in [1.807, 2.05) is 31.2 Å². The molecular formula is C18H23N3O3S. The van der Waals surface area contributed by atoms with Gasteiger partial charge in [-0.2, -0.15) is 0 Å². The first-order valence-electron chi connectivity index (χ1n) is 8.57. The minimum absolute atomic E-state index is 0.0492. The molecule has 0 saturated heterocycles. The third-order valence-electron chi connectivity index (χ3n) is 4.97. The van der Waals surface area contributed by atoms with E-state index in [0.29, 0.717) is 25.7 Å². The number of aliphatic carboxylic acids is 1. The van der Waals surface area contributed by atoms with Crippen LogP contribution in [0.2, 0.25) is 0 Å². The Balaban J connectivity index is 1.59. The molecule has 1 aliphatic carbocycles. The lowest BCUT2D eigenvalue weighted by Gasteiger charge is -2.30. The molecule has 134 valence electrons. The van der Waals surface area contributed by atoms with Crippen LogP contribution < -0.4 is 5.32 Å². The predicted octanol–water partition coefficient (Wildman–Crippen LogP) is 3.64. The van der Waals surface area contributed by atoms with Crippen molar-refractivity contribution in [1.82, 2.24) is 15.2 Å². The van der Waals surface area contributed by atoms with Crippen LogP contribution >= 0.6 is 11.3 Å². The predicted molar refractivity (Wildman–Crippen MR) is 97.7 cm³/mol. The van der Waals surface area contributed by atoms with Crippen molar-refractivity contribution in [2.24, 2.45) is 5.92 Å². The van der Waals surface area contributed by atoms with Crippen molar-refractivity contribution < 1.29 is 14.7 Å². The fourth-order valence-electron chi connectivity index (χ4n) is 3.17. The molecule has 0 radical (unpaired) electrons. The van der Waals surface area contributed by atoms with Gasteiger partial charge in [-0.05, 0) is 44.7 Å². The van der Waals surface area contributed by atoms with Crippen LogP contribution in [0.1, 0.15) is 43.7 Å². The van der Waals surface area contributed by atoms with E-state index in [-0.39, 0.29) is 24.0 Å². The molecular weight excluding hydrogens is 338 g/mol. The number of hydrogen-bond acceptors (Lipinski definition) is 4. The van der Waals surface area contributed by atoms with Gasteiger partial charge in [0.25, 0.3) is 0 Å². The van der Waals surface area contributed by atoms with Crippen molar-refractivity contribution in [3.8, 4) is 0 Å². The normalized spacial score (nSPS) is 21.7. The number of para-hydroxylation sites is 1. The van der Waals surface area contributed by atoms with E-state index >= 15 is 0 Å². The van der Waals surface area contributed by atoms with E-state index in [1.165, 1.54) is 0 Å². The van der Waals surface area contributed by atoms with Gasteiger partial charge in [0.05, 0.1) is 22.2 Å².